The molecule has 0 atom stereocenters. The van der Waals surface area contributed by atoms with Crippen molar-refractivity contribution in [2.75, 3.05) is 17.0 Å². The molecule has 2 N–H and O–H groups in total. The van der Waals surface area contributed by atoms with Gasteiger partial charge in [-0.2, -0.15) is 0 Å². The first kappa shape index (κ1) is 17.6. The number of carbonyl (C=O) groups is 1. The van der Waals surface area contributed by atoms with E-state index < -0.39 is 10.0 Å². The van der Waals surface area contributed by atoms with E-state index in [1.807, 2.05) is 30.3 Å². The van der Waals surface area contributed by atoms with Gasteiger partial charge >= 0.3 is 0 Å². The first-order chi connectivity index (χ1) is 11.5. The van der Waals surface area contributed by atoms with Crippen LogP contribution in [0.1, 0.15) is 22.8 Å². The zero-order valence-corrected chi connectivity index (χ0v) is 14.1. The molecule has 124 valence electrons. The van der Waals surface area contributed by atoms with Gasteiger partial charge in [-0.15, -0.1) is 0 Å². The minimum atomic E-state index is -3.37. The van der Waals surface area contributed by atoms with Gasteiger partial charge in [0.2, 0.25) is 10.0 Å². The number of hydrogen-bond donors (Lipinski definition) is 2. The number of nitrogens with one attached hydrogen (secondary N) is 2. The Morgan fingerprint density at radius 3 is 2.54 bits per heavy atom. The number of amides is 1. The number of carbonyl (C=O) groups excluding carboxylic acids is 1. The highest BCUT2D eigenvalue weighted by atomic mass is 32.2. The predicted molar refractivity (Wildman–Crippen MR) is 95.2 cm³/mol. The number of anilines is 1. The first-order valence-electron chi connectivity index (χ1n) is 7.43. The lowest BCUT2D eigenvalue weighted by Gasteiger charge is -2.07. The highest BCUT2D eigenvalue weighted by Gasteiger charge is 2.09. The van der Waals surface area contributed by atoms with E-state index >= 15 is 0 Å². The maximum atomic E-state index is 12.1. The number of benzene rings is 2. The van der Waals surface area contributed by atoms with E-state index in [4.69, 9.17) is 0 Å². The molecule has 0 heterocycles. The second-order valence-electron chi connectivity index (χ2n) is 4.94. The molecule has 6 heteroatoms. The van der Waals surface area contributed by atoms with Gasteiger partial charge in [-0.05, 0) is 37.3 Å². The van der Waals surface area contributed by atoms with Gasteiger partial charge < -0.3 is 5.32 Å². The molecule has 0 unspecified atom stereocenters. The van der Waals surface area contributed by atoms with Crippen molar-refractivity contribution >= 4 is 21.6 Å². The second-order valence-corrected chi connectivity index (χ2v) is 6.95. The normalized spacial score (nSPS) is 10.4. The van der Waals surface area contributed by atoms with Gasteiger partial charge in [-0.25, -0.2) is 8.42 Å². The molecule has 0 aromatic heterocycles. The summed E-state index contributed by atoms with van der Waals surface area (Å²) in [6.07, 6.45) is 0. The monoisotopic (exact) mass is 342 g/mol. The van der Waals surface area contributed by atoms with Crippen LogP contribution in [0, 0.1) is 11.8 Å². The zero-order chi connectivity index (χ0) is 17.4. The Kier molecular flexibility index (Phi) is 5.99. The van der Waals surface area contributed by atoms with Crippen LogP contribution in [0.4, 0.5) is 5.69 Å². The summed E-state index contributed by atoms with van der Waals surface area (Å²) in [7, 11) is -3.37. The molecule has 1 amide bonds. The van der Waals surface area contributed by atoms with Crippen LogP contribution in [-0.2, 0) is 10.0 Å². The van der Waals surface area contributed by atoms with Crippen LogP contribution >= 0.6 is 0 Å². The maximum Gasteiger partial charge on any atom is 0.252 e. The lowest BCUT2D eigenvalue weighted by molar-refractivity contribution is 0.0958. The van der Waals surface area contributed by atoms with Crippen molar-refractivity contribution in [3.63, 3.8) is 0 Å². The average Bonchev–Trinajstić information content (AvgIpc) is 2.59. The molecular formula is C18H18N2O3S. The largest absolute Gasteiger partial charge is 0.341 e. The van der Waals surface area contributed by atoms with Crippen LogP contribution in [0.25, 0.3) is 0 Å². The van der Waals surface area contributed by atoms with E-state index in [0.717, 1.165) is 5.56 Å². The second kappa shape index (κ2) is 8.18. The summed E-state index contributed by atoms with van der Waals surface area (Å²) < 4.78 is 25.5. The van der Waals surface area contributed by atoms with Crippen LogP contribution in [0.15, 0.2) is 54.6 Å². The highest BCUT2D eigenvalue weighted by molar-refractivity contribution is 7.92. The number of rotatable bonds is 5. The van der Waals surface area contributed by atoms with Gasteiger partial charge in [0, 0.05) is 16.8 Å². The fourth-order valence-electron chi connectivity index (χ4n) is 1.87. The van der Waals surface area contributed by atoms with Gasteiger partial charge in [0.15, 0.2) is 0 Å². The van der Waals surface area contributed by atoms with E-state index in [1.165, 1.54) is 6.07 Å². The molecule has 0 spiro atoms. The van der Waals surface area contributed by atoms with Crippen molar-refractivity contribution in [1.29, 1.82) is 0 Å². The highest BCUT2D eigenvalue weighted by Crippen LogP contribution is 2.12. The molecule has 24 heavy (non-hydrogen) atoms. The minimum absolute atomic E-state index is 0.0293. The molecule has 0 aliphatic carbocycles. The standard InChI is InChI=1S/C18H18N2O3S/c1-2-24(22,23)20-17-12-6-11-16(14-17)18(21)19-13-7-10-15-8-4-3-5-9-15/h3-6,8-9,11-12,14,20H,2,13H2,1H3,(H,19,21). The van der Waals surface area contributed by atoms with E-state index in [9.17, 15) is 13.2 Å². The Bertz CT molecular complexity index is 866. The van der Waals surface area contributed by atoms with Gasteiger partial charge in [0.05, 0.1) is 12.3 Å². The van der Waals surface area contributed by atoms with Crippen molar-refractivity contribution in [3.05, 3.63) is 65.7 Å². The molecule has 2 rings (SSSR count). The van der Waals surface area contributed by atoms with Crippen LogP contribution in [-0.4, -0.2) is 26.6 Å². The summed E-state index contributed by atoms with van der Waals surface area (Å²) in [5, 5.41) is 2.68. The molecule has 0 fully saturated rings. The van der Waals surface area contributed by atoms with E-state index in [-0.39, 0.29) is 18.2 Å². The van der Waals surface area contributed by atoms with Crippen molar-refractivity contribution < 1.29 is 13.2 Å². The number of sulfonamides is 1. The van der Waals surface area contributed by atoms with Crippen LogP contribution in [0.3, 0.4) is 0 Å². The van der Waals surface area contributed by atoms with Crippen molar-refractivity contribution in [3.8, 4) is 11.8 Å². The van der Waals surface area contributed by atoms with E-state index in [0.29, 0.717) is 11.3 Å². The SMILES string of the molecule is CCS(=O)(=O)Nc1cccc(C(=O)NCC#Cc2ccccc2)c1. The number of hydrogen-bond acceptors (Lipinski definition) is 3. The summed E-state index contributed by atoms with van der Waals surface area (Å²) in [5.41, 5.74) is 1.61. The summed E-state index contributed by atoms with van der Waals surface area (Å²) in [6, 6.07) is 15.8. The smallest absolute Gasteiger partial charge is 0.252 e. The average molecular weight is 342 g/mol. The third-order valence-corrected chi connectivity index (χ3v) is 4.43. The Morgan fingerprint density at radius 1 is 1.08 bits per heavy atom. The Morgan fingerprint density at radius 2 is 1.83 bits per heavy atom. The van der Waals surface area contributed by atoms with Crippen LogP contribution < -0.4 is 10.0 Å². The van der Waals surface area contributed by atoms with Gasteiger partial charge in [0.1, 0.15) is 0 Å². The molecule has 0 bridgehead atoms. The van der Waals surface area contributed by atoms with Gasteiger partial charge in [-0.3, -0.25) is 9.52 Å². The topological polar surface area (TPSA) is 75.3 Å². The fraction of sp³-hybridized carbons (Fsp3) is 0.167. The summed E-state index contributed by atoms with van der Waals surface area (Å²) in [6.45, 7) is 1.75. The van der Waals surface area contributed by atoms with Crippen molar-refractivity contribution in [1.82, 2.24) is 5.32 Å². The molecule has 0 aliphatic heterocycles. The van der Waals surface area contributed by atoms with Crippen LogP contribution in [0.2, 0.25) is 0 Å². The molecule has 0 saturated carbocycles. The molecular weight excluding hydrogens is 324 g/mol. The lowest BCUT2D eigenvalue weighted by atomic mass is 10.2. The van der Waals surface area contributed by atoms with E-state index in [1.54, 1.807) is 25.1 Å². The molecule has 0 radical (unpaired) electrons. The summed E-state index contributed by atoms with van der Waals surface area (Å²) in [5.74, 6) is 5.48. The van der Waals surface area contributed by atoms with Crippen LogP contribution in [0.5, 0.6) is 0 Å². The summed E-state index contributed by atoms with van der Waals surface area (Å²) >= 11 is 0. The predicted octanol–water partition coefficient (Wildman–Crippen LogP) is 2.23. The van der Waals surface area contributed by atoms with Crippen molar-refractivity contribution in [2.45, 2.75) is 6.92 Å². The Hall–Kier alpha value is -2.78. The molecule has 2 aromatic carbocycles. The van der Waals surface area contributed by atoms with E-state index in [2.05, 4.69) is 21.9 Å². The third kappa shape index (κ3) is 5.45. The lowest BCUT2D eigenvalue weighted by Crippen LogP contribution is -2.24. The molecule has 5 nitrogen and oxygen atoms in total. The first-order valence-corrected chi connectivity index (χ1v) is 9.08. The van der Waals surface area contributed by atoms with Crippen molar-refractivity contribution in [2.24, 2.45) is 0 Å². The van der Waals surface area contributed by atoms with Gasteiger partial charge in [-0.1, -0.05) is 36.1 Å². The Labute approximate surface area is 142 Å². The molecule has 0 saturated heterocycles. The zero-order valence-electron chi connectivity index (χ0n) is 13.2. The quantitative estimate of drug-likeness (QED) is 0.818. The molecule has 2 aromatic rings. The Balaban J connectivity index is 1.97. The maximum absolute atomic E-state index is 12.1. The minimum Gasteiger partial charge on any atom is -0.341 e. The summed E-state index contributed by atoms with van der Waals surface area (Å²) in [4.78, 5) is 12.1. The fourth-order valence-corrected chi connectivity index (χ4v) is 2.50. The third-order valence-electron chi connectivity index (χ3n) is 3.12. The molecule has 0 aliphatic rings. The van der Waals surface area contributed by atoms with Gasteiger partial charge in [0.25, 0.3) is 5.91 Å².